The number of nitrogens with zero attached hydrogens (tertiary/aromatic N) is 3. The first-order valence-electron chi connectivity index (χ1n) is 5.65. The molecule has 2 aromatic heterocycles. The highest BCUT2D eigenvalue weighted by molar-refractivity contribution is 5.91. The highest BCUT2D eigenvalue weighted by Gasteiger charge is 2.07. The van der Waals surface area contributed by atoms with Crippen molar-refractivity contribution in [3.8, 4) is 0 Å². The van der Waals surface area contributed by atoms with E-state index >= 15 is 0 Å². The Kier molecular flexibility index (Phi) is 3.56. The molecule has 7 heteroatoms. The van der Waals surface area contributed by atoms with Gasteiger partial charge in [0.2, 0.25) is 0 Å². The number of carbonyl (C=O) groups is 1. The van der Waals surface area contributed by atoms with Crippen LogP contribution >= 0.6 is 0 Å². The molecule has 0 aliphatic heterocycles. The number of carbonyl (C=O) groups excluding carboxylic acids is 1. The summed E-state index contributed by atoms with van der Waals surface area (Å²) in [7, 11) is 0. The number of aromatic nitrogens is 3. The van der Waals surface area contributed by atoms with E-state index in [4.69, 9.17) is 11.5 Å². The molecule has 0 spiro atoms. The van der Waals surface area contributed by atoms with Gasteiger partial charge in [-0.2, -0.15) is 0 Å². The van der Waals surface area contributed by atoms with E-state index in [-0.39, 0.29) is 5.69 Å². The number of rotatable bonds is 4. The molecule has 19 heavy (non-hydrogen) atoms. The van der Waals surface area contributed by atoms with E-state index < -0.39 is 5.91 Å². The monoisotopic (exact) mass is 258 g/mol. The van der Waals surface area contributed by atoms with Crippen LogP contribution in [0.1, 0.15) is 22.0 Å². The van der Waals surface area contributed by atoms with Crippen molar-refractivity contribution in [1.82, 2.24) is 15.0 Å². The average Bonchev–Trinajstić information content (AvgIpc) is 2.37. The fourth-order valence-corrected chi connectivity index (χ4v) is 1.53. The smallest absolute Gasteiger partial charge is 0.267 e. The molecule has 0 atom stereocenters. The van der Waals surface area contributed by atoms with Gasteiger partial charge in [0, 0.05) is 6.20 Å². The van der Waals surface area contributed by atoms with Gasteiger partial charge in [-0.25, -0.2) is 15.0 Å². The zero-order chi connectivity index (χ0) is 13.8. The topological polar surface area (TPSA) is 120 Å². The molecular weight excluding hydrogens is 244 g/mol. The second-order valence-electron chi connectivity index (χ2n) is 3.95. The number of pyridine rings is 1. The van der Waals surface area contributed by atoms with Crippen molar-refractivity contribution in [3.05, 3.63) is 41.6 Å². The second kappa shape index (κ2) is 5.30. The normalized spacial score (nSPS) is 10.2. The summed E-state index contributed by atoms with van der Waals surface area (Å²) in [6.45, 7) is 2.24. The van der Waals surface area contributed by atoms with E-state index in [2.05, 4.69) is 20.3 Å². The third-order valence-electron chi connectivity index (χ3n) is 2.45. The molecule has 0 bridgehead atoms. The van der Waals surface area contributed by atoms with Crippen LogP contribution in [0.3, 0.4) is 0 Å². The van der Waals surface area contributed by atoms with Crippen molar-refractivity contribution in [2.45, 2.75) is 13.5 Å². The number of primary amides is 1. The Morgan fingerprint density at radius 2 is 2.11 bits per heavy atom. The quantitative estimate of drug-likeness (QED) is 0.733. The number of nitrogen functional groups attached to an aromatic ring is 1. The third kappa shape index (κ3) is 3.15. The van der Waals surface area contributed by atoms with Crippen molar-refractivity contribution >= 4 is 17.4 Å². The minimum atomic E-state index is -0.596. The fourth-order valence-electron chi connectivity index (χ4n) is 1.53. The number of anilines is 2. The molecule has 0 fully saturated rings. The number of nitrogens with one attached hydrogen (secondary N) is 1. The maximum absolute atomic E-state index is 11.1. The molecule has 0 saturated carbocycles. The molecular formula is C12H14N6O. The van der Waals surface area contributed by atoms with Gasteiger partial charge in [-0.15, -0.1) is 0 Å². The zero-order valence-electron chi connectivity index (χ0n) is 10.4. The Labute approximate surface area is 110 Å². The number of nitrogens with two attached hydrogens (primary N) is 2. The molecule has 1 amide bonds. The lowest BCUT2D eigenvalue weighted by Gasteiger charge is -2.09. The SMILES string of the molecule is Cc1nccc(CNc2nc(C(N)=O)ccc2N)n1. The van der Waals surface area contributed by atoms with E-state index in [0.29, 0.717) is 23.9 Å². The van der Waals surface area contributed by atoms with Crippen molar-refractivity contribution in [2.24, 2.45) is 5.73 Å². The summed E-state index contributed by atoms with van der Waals surface area (Å²) in [5.41, 5.74) is 12.3. The molecule has 0 aliphatic carbocycles. The summed E-state index contributed by atoms with van der Waals surface area (Å²) in [5.74, 6) is 0.500. The Balaban J connectivity index is 2.15. The van der Waals surface area contributed by atoms with Crippen LogP contribution in [0.2, 0.25) is 0 Å². The maximum Gasteiger partial charge on any atom is 0.267 e. The van der Waals surface area contributed by atoms with Crippen LogP contribution in [0.15, 0.2) is 24.4 Å². The van der Waals surface area contributed by atoms with E-state index in [1.54, 1.807) is 18.3 Å². The van der Waals surface area contributed by atoms with Crippen molar-refractivity contribution in [2.75, 3.05) is 11.1 Å². The largest absolute Gasteiger partial charge is 0.396 e. The zero-order valence-corrected chi connectivity index (χ0v) is 10.4. The minimum absolute atomic E-state index is 0.163. The maximum atomic E-state index is 11.1. The first-order chi connectivity index (χ1) is 9.06. The second-order valence-corrected chi connectivity index (χ2v) is 3.95. The summed E-state index contributed by atoms with van der Waals surface area (Å²) in [4.78, 5) is 23.4. The van der Waals surface area contributed by atoms with Gasteiger partial charge in [-0.05, 0) is 25.1 Å². The van der Waals surface area contributed by atoms with Crippen molar-refractivity contribution < 1.29 is 4.79 Å². The average molecular weight is 258 g/mol. The predicted octanol–water partition coefficient (Wildman–Crippen LogP) is 0.473. The summed E-state index contributed by atoms with van der Waals surface area (Å²) < 4.78 is 0. The van der Waals surface area contributed by atoms with Gasteiger partial charge in [0.1, 0.15) is 17.3 Å². The van der Waals surface area contributed by atoms with E-state index in [0.717, 1.165) is 5.69 Å². The van der Waals surface area contributed by atoms with Crippen LogP contribution in [0, 0.1) is 6.92 Å². The minimum Gasteiger partial charge on any atom is -0.396 e. The predicted molar refractivity (Wildman–Crippen MR) is 71.3 cm³/mol. The number of hydrogen-bond acceptors (Lipinski definition) is 6. The summed E-state index contributed by atoms with van der Waals surface area (Å²) in [6, 6.07) is 4.85. The van der Waals surface area contributed by atoms with Crippen LogP contribution < -0.4 is 16.8 Å². The highest BCUT2D eigenvalue weighted by atomic mass is 16.1. The standard InChI is InChI=1S/C12H14N6O/c1-7-15-5-4-8(17-7)6-16-12-9(13)2-3-10(18-12)11(14)19/h2-5H,6,13H2,1H3,(H2,14,19)(H,16,18). The van der Waals surface area contributed by atoms with Gasteiger partial charge in [0.15, 0.2) is 0 Å². The van der Waals surface area contributed by atoms with Gasteiger partial charge in [-0.1, -0.05) is 0 Å². The van der Waals surface area contributed by atoms with Gasteiger partial charge in [0.05, 0.1) is 17.9 Å². The van der Waals surface area contributed by atoms with Crippen LogP contribution in [0.4, 0.5) is 11.5 Å². The number of aryl methyl sites for hydroxylation is 1. The van der Waals surface area contributed by atoms with Crippen LogP contribution in [-0.2, 0) is 6.54 Å². The lowest BCUT2D eigenvalue weighted by molar-refractivity contribution is 0.0996. The van der Waals surface area contributed by atoms with Crippen LogP contribution in [0.25, 0.3) is 0 Å². The Morgan fingerprint density at radius 3 is 2.79 bits per heavy atom. The van der Waals surface area contributed by atoms with Crippen molar-refractivity contribution in [1.29, 1.82) is 0 Å². The van der Waals surface area contributed by atoms with Crippen LogP contribution in [0.5, 0.6) is 0 Å². The van der Waals surface area contributed by atoms with Gasteiger partial charge in [-0.3, -0.25) is 4.79 Å². The molecule has 2 rings (SSSR count). The summed E-state index contributed by atoms with van der Waals surface area (Å²) in [5, 5.41) is 3.02. The van der Waals surface area contributed by atoms with Crippen LogP contribution in [-0.4, -0.2) is 20.9 Å². The number of hydrogen-bond donors (Lipinski definition) is 3. The summed E-state index contributed by atoms with van der Waals surface area (Å²) >= 11 is 0. The van der Waals surface area contributed by atoms with Gasteiger partial charge >= 0.3 is 0 Å². The Morgan fingerprint density at radius 1 is 1.32 bits per heavy atom. The summed E-state index contributed by atoms with van der Waals surface area (Å²) in [6.07, 6.45) is 1.68. The first kappa shape index (κ1) is 12.7. The molecule has 0 aromatic carbocycles. The molecule has 0 unspecified atom stereocenters. The Bertz CT molecular complexity index is 613. The molecule has 98 valence electrons. The lowest BCUT2D eigenvalue weighted by Crippen LogP contribution is -2.15. The fraction of sp³-hybridized carbons (Fsp3) is 0.167. The highest BCUT2D eigenvalue weighted by Crippen LogP contribution is 2.16. The van der Waals surface area contributed by atoms with Gasteiger partial charge in [0.25, 0.3) is 5.91 Å². The molecule has 5 N–H and O–H groups in total. The lowest BCUT2D eigenvalue weighted by atomic mass is 10.3. The van der Waals surface area contributed by atoms with E-state index in [1.165, 1.54) is 6.07 Å². The number of amides is 1. The molecule has 2 aromatic rings. The van der Waals surface area contributed by atoms with Gasteiger partial charge < -0.3 is 16.8 Å². The molecule has 7 nitrogen and oxygen atoms in total. The molecule has 0 radical (unpaired) electrons. The molecule has 0 saturated heterocycles. The van der Waals surface area contributed by atoms with E-state index in [9.17, 15) is 4.79 Å². The molecule has 2 heterocycles. The molecule has 0 aliphatic rings. The Hall–Kier alpha value is -2.70. The third-order valence-corrected chi connectivity index (χ3v) is 2.45. The first-order valence-corrected chi connectivity index (χ1v) is 5.65. The van der Waals surface area contributed by atoms with Crippen molar-refractivity contribution in [3.63, 3.8) is 0 Å². The van der Waals surface area contributed by atoms with E-state index in [1.807, 2.05) is 6.92 Å².